The van der Waals surface area contributed by atoms with Gasteiger partial charge in [0.05, 0.1) is 6.67 Å². The lowest BCUT2D eigenvalue weighted by atomic mass is 9.97. The van der Waals surface area contributed by atoms with E-state index < -0.39 is 0 Å². The maximum absolute atomic E-state index is 5.85. The lowest BCUT2D eigenvalue weighted by Gasteiger charge is -2.31. The average Bonchev–Trinajstić information content (AvgIpc) is 3.23. The maximum atomic E-state index is 5.85. The molecule has 2 aromatic heterocycles. The molecule has 0 spiro atoms. The van der Waals surface area contributed by atoms with Crippen LogP contribution in [0.3, 0.4) is 0 Å². The molecular weight excluding hydrogens is 408 g/mol. The molecular formula is C23H30N6OS. The zero-order valence-electron chi connectivity index (χ0n) is 18.4. The summed E-state index contributed by atoms with van der Waals surface area (Å²) in [6, 6.07) is 6.33. The lowest BCUT2D eigenvalue weighted by Crippen LogP contribution is -2.37. The third-order valence-corrected chi connectivity index (χ3v) is 6.71. The molecule has 1 atom stereocenters. The van der Waals surface area contributed by atoms with Gasteiger partial charge >= 0.3 is 0 Å². The van der Waals surface area contributed by atoms with E-state index >= 15 is 0 Å². The van der Waals surface area contributed by atoms with Crippen LogP contribution in [-0.4, -0.2) is 42.5 Å². The van der Waals surface area contributed by atoms with Crippen LogP contribution < -0.4 is 0 Å². The normalized spacial score (nSPS) is 19.9. The van der Waals surface area contributed by atoms with Crippen LogP contribution in [-0.2, 0) is 19.6 Å². The van der Waals surface area contributed by atoms with Crippen LogP contribution in [0.5, 0.6) is 0 Å². The first-order valence-corrected chi connectivity index (χ1v) is 11.8. The number of hydrogen-bond donors (Lipinski definition) is 0. The van der Waals surface area contributed by atoms with Gasteiger partial charge in [0, 0.05) is 31.0 Å². The molecule has 5 rings (SSSR count). The highest BCUT2D eigenvalue weighted by Crippen LogP contribution is 2.28. The van der Waals surface area contributed by atoms with Gasteiger partial charge in [-0.2, -0.15) is 0 Å². The molecule has 8 heteroatoms. The Morgan fingerprint density at radius 3 is 2.71 bits per heavy atom. The Hall–Kier alpha value is -2.32. The molecule has 2 aliphatic rings. The van der Waals surface area contributed by atoms with E-state index in [0.717, 1.165) is 44.5 Å². The van der Waals surface area contributed by atoms with Crippen molar-refractivity contribution in [2.24, 2.45) is 0 Å². The van der Waals surface area contributed by atoms with Crippen LogP contribution in [0.2, 0.25) is 0 Å². The number of piperidine rings is 1. The van der Waals surface area contributed by atoms with E-state index in [0.29, 0.717) is 23.3 Å². The zero-order chi connectivity index (χ0) is 21.4. The quantitative estimate of drug-likeness (QED) is 0.553. The molecule has 7 nitrogen and oxygen atoms in total. The Morgan fingerprint density at radius 2 is 1.87 bits per heavy atom. The van der Waals surface area contributed by atoms with Gasteiger partial charge in [0.15, 0.2) is 0 Å². The topological polar surface area (TPSA) is 64.9 Å². The molecule has 0 amide bonds. The number of benzene rings is 1. The summed E-state index contributed by atoms with van der Waals surface area (Å²) in [4.78, 5) is 2.84. The molecule has 0 radical (unpaired) electrons. The van der Waals surface area contributed by atoms with Crippen LogP contribution in [0.4, 0.5) is 0 Å². The zero-order valence-corrected chi connectivity index (χ0v) is 19.2. The van der Waals surface area contributed by atoms with Crippen molar-refractivity contribution in [2.75, 3.05) is 13.1 Å². The minimum Gasteiger partial charge on any atom is -0.409 e. The van der Waals surface area contributed by atoms with Crippen molar-refractivity contribution in [1.82, 2.24) is 29.4 Å². The molecule has 0 N–H and O–H groups in total. The van der Waals surface area contributed by atoms with Crippen molar-refractivity contribution in [3.63, 3.8) is 0 Å². The number of hydrogen-bond acceptors (Lipinski definition) is 6. The Balaban J connectivity index is 1.33. The van der Waals surface area contributed by atoms with Crippen LogP contribution in [0.1, 0.15) is 60.8 Å². The molecule has 2 aliphatic heterocycles. The van der Waals surface area contributed by atoms with Crippen LogP contribution in [0.15, 0.2) is 22.6 Å². The summed E-state index contributed by atoms with van der Waals surface area (Å²) in [7, 11) is 0. The van der Waals surface area contributed by atoms with Gasteiger partial charge in [-0.15, -0.1) is 15.3 Å². The Morgan fingerprint density at radius 1 is 1.03 bits per heavy atom. The molecule has 0 aliphatic carbocycles. The molecule has 3 aromatic rings. The summed E-state index contributed by atoms with van der Waals surface area (Å²) < 4.78 is 10.1. The minimum atomic E-state index is 0.410. The number of aromatic nitrogens is 5. The third-order valence-electron chi connectivity index (χ3n) is 6.42. The van der Waals surface area contributed by atoms with Gasteiger partial charge in [-0.25, -0.2) is 4.68 Å². The maximum Gasteiger partial charge on any atom is 0.288 e. The second-order valence-corrected chi connectivity index (χ2v) is 9.39. The molecule has 1 aromatic carbocycles. The predicted molar refractivity (Wildman–Crippen MR) is 121 cm³/mol. The summed E-state index contributed by atoms with van der Waals surface area (Å²) in [6.07, 6.45) is 7.09. The van der Waals surface area contributed by atoms with Crippen LogP contribution in [0.25, 0.3) is 11.5 Å². The van der Waals surface area contributed by atoms with Gasteiger partial charge in [0.2, 0.25) is 5.89 Å². The highest BCUT2D eigenvalue weighted by molar-refractivity contribution is 7.71. The van der Waals surface area contributed by atoms with Gasteiger partial charge in [0.25, 0.3) is 4.84 Å². The van der Waals surface area contributed by atoms with E-state index in [9.17, 15) is 0 Å². The van der Waals surface area contributed by atoms with Crippen molar-refractivity contribution in [3.8, 4) is 11.5 Å². The number of aryl methyl sites for hydroxylation is 3. The monoisotopic (exact) mass is 438 g/mol. The van der Waals surface area contributed by atoms with E-state index in [1.165, 1.54) is 42.0 Å². The van der Waals surface area contributed by atoms with Crippen molar-refractivity contribution in [2.45, 2.75) is 71.5 Å². The smallest absolute Gasteiger partial charge is 0.288 e. The molecule has 0 bridgehead atoms. The number of fused-ring (bicyclic) bond motifs is 1. The Bertz CT molecular complexity index is 1110. The van der Waals surface area contributed by atoms with Crippen molar-refractivity contribution in [1.29, 1.82) is 0 Å². The van der Waals surface area contributed by atoms with Gasteiger partial charge in [-0.3, -0.25) is 4.90 Å². The largest absolute Gasteiger partial charge is 0.409 e. The SMILES string of the molecule is Cc1cc(C)cc(-c2nn(CN3CCC[C@H](c4nnc5n4CCCCC5)C3)c(=S)o2)c1. The van der Waals surface area contributed by atoms with Gasteiger partial charge < -0.3 is 8.98 Å². The first-order valence-electron chi connectivity index (χ1n) is 11.4. The highest BCUT2D eigenvalue weighted by atomic mass is 32.1. The molecule has 164 valence electrons. The highest BCUT2D eigenvalue weighted by Gasteiger charge is 2.28. The second kappa shape index (κ2) is 8.67. The Labute approximate surface area is 188 Å². The fourth-order valence-electron chi connectivity index (χ4n) is 5.00. The molecule has 0 unspecified atom stereocenters. The van der Waals surface area contributed by atoms with E-state index in [4.69, 9.17) is 21.7 Å². The molecule has 1 saturated heterocycles. The Kier molecular flexibility index (Phi) is 5.75. The van der Waals surface area contributed by atoms with E-state index in [1.54, 1.807) is 0 Å². The molecule has 1 fully saturated rings. The first-order chi connectivity index (χ1) is 15.1. The molecule has 4 heterocycles. The summed E-state index contributed by atoms with van der Waals surface area (Å²) in [5.74, 6) is 3.34. The molecule has 31 heavy (non-hydrogen) atoms. The second-order valence-electron chi connectivity index (χ2n) is 9.04. The van der Waals surface area contributed by atoms with E-state index in [2.05, 4.69) is 51.7 Å². The van der Waals surface area contributed by atoms with Gasteiger partial charge in [-0.05, 0) is 70.4 Å². The predicted octanol–water partition coefficient (Wildman–Crippen LogP) is 4.64. The standard InChI is InChI=1S/C23H30N6OS/c1-16-11-17(2)13-19(12-16)22-26-29(23(31)30-22)15-27-9-6-7-18(14-27)21-25-24-20-8-4-3-5-10-28(20)21/h11-13,18H,3-10,14-15H2,1-2H3/t18-/m0/s1. The van der Waals surface area contributed by atoms with Crippen molar-refractivity contribution >= 4 is 12.2 Å². The van der Waals surface area contributed by atoms with E-state index in [-0.39, 0.29) is 0 Å². The van der Waals surface area contributed by atoms with Crippen LogP contribution >= 0.6 is 12.2 Å². The third kappa shape index (κ3) is 4.36. The summed E-state index contributed by atoms with van der Waals surface area (Å²) >= 11 is 5.49. The summed E-state index contributed by atoms with van der Waals surface area (Å²) in [6.45, 7) is 7.85. The van der Waals surface area contributed by atoms with Crippen molar-refractivity contribution < 1.29 is 4.42 Å². The molecule has 0 saturated carbocycles. The number of rotatable bonds is 4. The fraction of sp³-hybridized carbons (Fsp3) is 0.565. The number of likely N-dealkylation sites (tertiary alicyclic amines) is 1. The van der Waals surface area contributed by atoms with Crippen LogP contribution in [0, 0.1) is 18.7 Å². The summed E-state index contributed by atoms with van der Waals surface area (Å²) in [5, 5.41) is 13.8. The van der Waals surface area contributed by atoms with E-state index in [1.807, 2.05) is 4.68 Å². The minimum absolute atomic E-state index is 0.410. The van der Waals surface area contributed by atoms with Gasteiger partial charge in [-0.1, -0.05) is 23.6 Å². The lowest BCUT2D eigenvalue weighted by molar-refractivity contribution is 0.151. The first kappa shape index (κ1) is 20.6. The number of nitrogens with zero attached hydrogens (tertiary/aromatic N) is 6. The average molecular weight is 439 g/mol. The van der Waals surface area contributed by atoms with Crippen molar-refractivity contribution in [3.05, 3.63) is 45.8 Å². The summed E-state index contributed by atoms with van der Waals surface area (Å²) in [5.41, 5.74) is 3.36. The van der Waals surface area contributed by atoms with Gasteiger partial charge in [0.1, 0.15) is 11.6 Å². The fourth-order valence-corrected chi connectivity index (χ4v) is 5.18.